The van der Waals surface area contributed by atoms with Gasteiger partial charge in [0, 0.05) is 6.07 Å². The Morgan fingerprint density at radius 1 is 1.18 bits per heavy atom. The standard InChI is InChI=1S/C16H13NO5/c18-12-5-6-14-13(7-12)17(15(19)9-22-14)8-10-1-3-11(4-2-10)16(20)21/h1-7,18H,8-9H2,(H,20,21). The lowest BCUT2D eigenvalue weighted by Crippen LogP contribution is -2.38. The van der Waals surface area contributed by atoms with Gasteiger partial charge in [-0.3, -0.25) is 4.79 Å². The van der Waals surface area contributed by atoms with E-state index in [0.29, 0.717) is 11.4 Å². The average Bonchev–Trinajstić information content (AvgIpc) is 2.51. The quantitative estimate of drug-likeness (QED) is 0.905. The van der Waals surface area contributed by atoms with Crippen LogP contribution in [0.5, 0.6) is 11.5 Å². The molecule has 1 aliphatic rings. The van der Waals surface area contributed by atoms with E-state index in [1.807, 2.05) is 0 Å². The van der Waals surface area contributed by atoms with E-state index in [4.69, 9.17) is 9.84 Å². The first kappa shape index (κ1) is 13.9. The number of anilines is 1. The molecule has 0 aromatic heterocycles. The van der Waals surface area contributed by atoms with Crippen LogP contribution in [0.25, 0.3) is 0 Å². The molecule has 0 bridgehead atoms. The van der Waals surface area contributed by atoms with E-state index in [1.54, 1.807) is 18.2 Å². The molecule has 0 radical (unpaired) electrons. The molecule has 0 unspecified atom stereocenters. The summed E-state index contributed by atoms with van der Waals surface area (Å²) >= 11 is 0. The lowest BCUT2D eigenvalue weighted by Gasteiger charge is -2.29. The molecule has 0 atom stereocenters. The number of carboxylic acids is 1. The van der Waals surface area contributed by atoms with Crippen LogP contribution < -0.4 is 9.64 Å². The molecule has 2 aromatic rings. The number of benzene rings is 2. The monoisotopic (exact) mass is 299 g/mol. The van der Waals surface area contributed by atoms with Crippen molar-refractivity contribution >= 4 is 17.6 Å². The summed E-state index contributed by atoms with van der Waals surface area (Å²) in [4.78, 5) is 24.4. The van der Waals surface area contributed by atoms with Gasteiger partial charge in [-0.05, 0) is 29.8 Å². The lowest BCUT2D eigenvalue weighted by molar-refractivity contribution is -0.121. The molecule has 112 valence electrons. The number of phenolic OH excluding ortho intramolecular Hbond substituents is 1. The third kappa shape index (κ3) is 2.58. The number of ether oxygens (including phenoxy) is 1. The summed E-state index contributed by atoms with van der Waals surface area (Å²) in [6, 6.07) is 10.9. The van der Waals surface area contributed by atoms with Crippen LogP contribution in [-0.2, 0) is 11.3 Å². The number of aromatic hydroxyl groups is 1. The zero-order chi connectivity index (χ0) is 15.7. The number of carbonyl (C=O) groups is 2. The normalized spacial score (nSPS) is 13.5. The Kier molecular flexibility index (Phi) is 3.42. The molecule has 6 nitrogen and oxygen atoms in total. The largest absolute Gasteiger partial charge is 0.508 e. The summed E-state index contributed by atoms with van der Waals surface area (Å²) in [5.41, 5.74) is 1.48. The number of fused-ring (bicyclic) bond motifs is 1. The van der Waals surface area contributed by atoms with Crippen LogP contribution in [-0.4, -0.2) is 28.7 Å². The van der Waals surface area contributed by atoms with Crippen LogP contribution in [0.2, 0.25) is 0 Å². The van der Waals surface area contributed by atoms with E-state index < -0.39 is 5.97 Å². The van der Waals surface area contributed by atoms with E-state index in [2.05, 4.69) is 0 Å². The van der Waals surface area contributed by atoms with Gasteiger partial charge < -0.3 is 19.8 Å². The predicted octanol–water partition coefficient (Wildman–Crippen LogP) is 2.02. The molecule has 1 amide bonds. The van der Waals surface area contributed by atoms with Crippen molar-refractivity contribution in [3.05, 3.63) is 53.6 Å². The molecule has 1 aliphatic heterocycles. The van der Waals surface area contributed by atoms with Crippen LogP contribution in [0.15, 0.2) is 42.5 Å². The molecule has 0 fully saturated rings. The summed E-state index contributed by atoms with van der Waals surface area (Å²) in [6.45, 7) is 0.212. The van der Waals surface area contributed by atoms with Gasteiger partial charge in [-0.1, -0.05) is 12.1 Å². The van der Waals surface area contributed by atoms with Crippen LogP contribution >= 0.6 is 0 Å². The van der Waals surface area contributed by atoms with Crippen molar-refractivity contribution in [2.24, 2.45) is 0 Å². The molecule has 6 heteroatoms. The summed E-state index contributed by atoms with van der Waals surface area (Å²) in [7, 11) is 0. The Labute approximate surface area is 126 Å². The number of rotatable bonds is 3. The van der Waals surface area contributed by atoms with E-state index >= 15 is 0 Å². The number of amides is 1. The molecule has 1 heterocycles. The zero-order valence-electron chi connectivity index (χ0n) is 11.5. The molecule has 0 saturated carbocycles. The summed E-state index contributed by atoms with van der Waals surface area (Å²) in [5.74, 6) is -0.646. The van der Waals surface area contributed by atoms with Gasteiger partial charge >= 0.3 is 5.97 Å². The van der Waals surface area contributed by atoms with Crippen LogP contribution in [0.1, 0.15) is 15.9 Å². The second-order valence-corrected chi connectivity index (χ2v) is 4.92. The Bertz CT molecular complexity index is 739. The third-order valence-electron chi connectivity index (χ3n) is 3.43. The highest BCUT2D eigenvalue weighted by atomic mass is 16.5. The lowest BCUT2D eigenvalue weighted by atomic mass is 10.1. The molecular formula is C16H13NO5. The molecular weight excluding hydrogens is 286 g/mol. The van der Waals surface area contributed by atoms with E-state index in [9.17, 15) is 14.7 Å². The van der Waals surface area contributed by atoms with Crippen molar-refractivity contribution in [3.8, 4) is 11.5 Å². The maximum Gasteiger partial charge on any atom is 0.335 e. The van der Waals surface area contributed by atoms with Gasteiger partial charge in [-0.25, -0.2) is 4.79 Å². The first-order valence-electron chi connectivity index (χ1n) is 6.63. The molecule has 2 N–H and O–H groups in total. The highest BCUT2D eigenvalue weighted by Gasteiger charge is 2.26. The minimum absolute atomic E-state index is 0.0447. The number of phenols is 1. The maximum absolute atomic E-state index is 12.1. The fraction of sp³-hybridized carbons (Fsp3) is 0.125. The van der Waals surface area contributed by atoms with Crippen LogP contribution in [0.3, 0.4) is 0 Å². The van der Waals surface area contributed by atoms with E-state index in [-0.39, 0.29) is 30.4 Å². The van der Waals surface area contributed by atoms with Crippen molar-refractivity contribution in [1.29, 1.82) is 0 Å². The zero-order valence-corrected chi connectivity index (χ0v) is 11.5. The van der Waals surface area contributed by atoms with Crippen molar-refractivity contribution < 1.29 is 24.5 Å². The Hall–Kier alpha value is -3.02. The van der Waals surface area contributed by atoms with Crippen molar-refractivity contribution in [2.75, 3.05) is 11.5 Å². The summed E-state index contributed by atoms with van der Waals surface area (Å²) in [5, 5.41) is 18.5. The van der Waals surface area contributed by atoms with Gasteiger partial charge in [0.15, 0.2) is 6.61 Å². The van der Waals surface area contributed by atoms with Crippen LogP contribution in [0.4, 0.5) is 5.69 Å². The minimum atomic E-state index is -0.996. The Morgan fingerprint density at radius 2 is 1.91 bits per heavy atom. The number of carboxylic acid groups (broad SMARTS) is 1. The van der Waals surface area contributed by atoms with Crippen molar-refractivity contribution in [2.45, 2.75) is 6.54 Å². The molecule has 0 saturated heterocycles. The Morgan fingerprint density at radius 3 is 2.59 bits per heavy atom. The second-order valence-electron chi connectivity index (χ2n) is 4.92. The van der Waals surface area contributed by atoms with Crippen molar-refractivity contribution in [3.63, 3.8) is 0 Å². The summed E-state index contributed by atoms with van der Waals surface area (Å²) in [6.07, 6.45) is 0. The second kappa shape index (κ2) is 5.40. The van der Waals surface area contributed by atoms with Crippen LogP contribution in [0, 0.1) is 0 Å². The van der Waals surface area contributed by atoms with Gasteiger partial charge in [-0.15, -0.1) is 0 Å². The van der Waals surface area contributed by atoms with E-state index in [1.165, 1.54) is 29.2 Å². The van der Waals surface area contributed by atoms with Crippen molar-refractivity contribution in [1.82, 2.24) is 0 Å². The highest BCUT2D eigenvalue weighted by molar-refractivity contribution is 5.98. The molecule has 0 spiro atoms. The first-order chi connectivity index (χ1) is 10.5. The SMILES string of the molecule is O=C(O)c1ccc(CN2C(=O)COc3ccc(O)cc32)cc1. The fourth-order valence-electron chi connectivity index (χ4n) is 2.30. The number of hydrogen-bond acceptors (Lipinski definition) is 4. The molecule has 0 aliphatic carbocycles. The Balaban J connectivity index is 1.90. The first-order valence-corrected chi connectivity index (χ1v) is 6.63. The van der Waals surface area contributed by atoms with Gasteiger partial charge in [0.05, 0.1) is 17.8 Å². The smallest absolute Gasteiger partial charge is 0.335 e. The predicted molar refractivity (Wildman–Crippen MR) is 78.2 cm³/mol. The summed E-state index contributed by atoms with van der Waals surface area (Å²) < 4.78 is 5.33. The minimum Gasteiger partial charge on any atom is -0.508 e. The average molecular weight is 299 g/mol. The van der Waals surface area contributed by atoms with E-state index in [0.717, 1.165) is 5.56 Å². The molecule has 3 rings (SSSR count). The van der Waals surface area contributed by atoms with Gasteiger partial charge in [0.1, 0.15) is 11.5 Å². The maximum atomic E-state index is 12.1. The topological polar surface area (TPSA) is 87.1 Å². The molecule has 22 heavy (non-hydrogen) atoms. The third-order valence-corrected chi connectivity index (χ3v) is 3.43. The highest BCUT2D eigenvalue weighted by Crippen LogP contribution is 2.35. The number of carbonyl (C=O) groups excluding carboxylic acids is 1. The fourth-order valence-corrected chi connectivity index (χ4v) is 2.30. The van der Waals surface area contributed by atoms with Gasteiger partial charge in [0.25, 0.3) is 5.91 Å². The number of hydrogen-bond donors (Lipinski definition) is 2. The number of nitrogens with zero attached hydrogens (tertiary/aromatic N) is 1. The molecule has 2 aromatic carbocycles. The van der Waals surface area contributed by atoms with Gasteiger partial charge in [-0.2, -0.15) is 0 Å². The number of aromatic carboxylic acids is 1. The van der Waals surface area contributed by atoms with Gasteiger partial charge in [0.2, 0.25) is 0 Å².